The number of nitrogens with one attached hydrogen (secondary N) is 1. The molecule has 0 atom stereocenters. The van der Waals surface area contributed by atoms with Crippen molar-refractivity contribution in [2.75, 3.05) is 18.2 Å². The van der Waals surface area contributed by atoms with Gasteiger partial charge in [0, 0.05) is 5.56 Å². The van der Waals surface area contributed by atoms with Gasteiger partial charge in [0.1, 0.15) is 5.82 Å². The Morgan fingerprint density at radius 3 is 2.65 bits per heavy atom. The van der Waals surface area contributed by atoms with E-state index in [4.69, 9.17) is 10.5 Å². The molecule has 2 aromatic carbocycles. The zero-order valence-electron chi connectivity index (χ0n) is 10.7. The monoisotopic (exact) mass is 276 g/mol. The van der Waals surface area contributed by atoms with Crippen LogP contribution in [0.5, 0.6) is 11.5 Å². The van der Waals surface area contributed by atoms with Crippen molar-refractivity contribution in [2.24, 2.45) is 0 Å². The summed E-state index contributed by atoms with van der Waals surface area (Å²) in [6, 6.07) is 7.91. The molecule has 1 amide bonds. The summed E-state index contributed by atoms with van der Waals surface area (Å²) in [4.78, 5) is 12.0. The molecule has 0 aliphatic heterocycles. The van der Waals surface area contributed by atoms with E-state index in [1.807, 2.05) is 0 Å². The third-order valence-electron chi connectivity index (χ3n) is 2.70. The number of halogens is 1. The van der Waals surface area contributed by atoms with Gasteiger partial charge in [0.15, 0.2) is 11.5 Å². The number of hydrogen-bond acceptors (Lipinski definition) is 4. The molecule has 0 spiro atoms. The maximum absolute atomic E-state index is 12.9. The third kappa shape index (κ3) is 2.80. The highest BCUT2D eigenvalue weighted by Gasteiger charge is 2.11. The fourth-order valence-electron chi connectivity index (χ4n) is 1.67. The lowest BCUT2D eigenvalue weighted by Gasteiger charge is -2.09. The van der Waals surface area contributed by atoms with Crippen LogP contribution in [0.4, 0.5) is 15.8 Å². The number of anilines is 2. The van der Waals surface area contributed by atoms with Gasteiger partial charge in [0.25, 0.3) is 5.91 Å². The maximum atomic E-state index is 12.9. The standard InChI is InChI=1S/C14H13FN2O3/c1-20-13-5-2-8(6-12(13)18)14(19)17-11-4-3-9(15)7-10(11)16/h2-7,18H,16H2,1H3,(H,17,19). The van der Waals surface area contributed by atoms with Crippen molar-refractivity contribution in [1.29, 1.82) is 0 Å². The van der Waals surface area contributed by atoms with Crippen molar-refractivity contribution < 1.29 is 19.0 Å². The number of benzene rings is 2. The first-order chi connectivity index (χ1) is 9.51. The number of ether oxygens (including phenoxy) is 1. The molecule has 0 saturated carbocycles. The van der Waals surface area contributed by atoms with Crippen LogP contribution in [0.2, 0.25) is 0 Å². The van der Waals surface area contributed by atoms with E-state index in [2.05, 4.69) is 5.32 Å². The van der Waals surface area contributed by atoms with Gasteiger partial charge in [-0.25, -0.2) is 4.39 Å². The number of amides is 1. The van der Waals surface area contributed by atoms with Gasteiger partial charge in [-0.2, -0.15) is 0 Å². The Hall–Kier alpha value is -2.76. The average Bonchev–Trinajstić information content (AvgIpc) is 2.41. The molecule has 0 aliphatic rings. The van der Waals surface area contributed by atoms with Gasteiger partial charge in [-0.15, -0.1) is 0 Å². The summed E-state index contributed by atoms with van der Waals surface area (Å²) in [5, 5.41) is 12.2. The molecule has 0 bridgehead atoms. The molecule has 20 heavy (non-hydrogen) atoms. The Morgan fingerprint density at radius 2 is 2.05 bits per heavy atom. The number of rotatable bonds is 3. The molecule has 0 radical (unpaired) electrons. The Morgan fingerprint density at radius 1 is 1.30 bits per heavy atom. The minimum Gasteiger partial charge on any atom is -0.504 e. The number of nitrogens with two attached hydrogens (primary N) is 1. The molecule has 5 nitrogen and oxygen atoms in total. The molecule has 0 aliphatic carbocycles. The molecule has 0 saturated heterocycles. The van der Waals surface area contributed by atoms with Crippen LogP contribution in [0, 0.1) is 5.82 Å². The highest BCUT2D eigenvalue weighted by Crippen LogP contribution is 2.27. The lowest BCUT2D eigenvalue weighted by Crippen LogP contribution is -2.13. The number of phenols is 1. The first-order valence-corrected chi connectivity index (χ1v) is 5.74. The van der Waals surface area contributed by atoms with Gasteiger partial charge in [-0.1, -0.05) is 0 Å². The lowest BCUT2D eigenvalue weighted by molar-refractivity contribution is 0.102. The number of hydrogen-bond donors (Lipinski definition) is 3. The fourth-order valence-corrected chi connectivity index (χ4v) is 1.67. The molecule has 0 aromatic heterocycles. The van der Waals surface area contributed by atoms with E-state index in [0.29, 0.717) is 5.69 Å². The van der Waals surface area contributed by atoms with Gasteiger partial charge in [0.2, 0.25) is 0 Å². The second kappa shape index (κ2) is 5.48. The molecule has 2 rings (SSSR count). The number of phenolic OH excluding ortho intramolecular Hbond substituents is 1. The van der Waals surface area contributed by atoms with Gasteiger partial charge < -0.3 is 20.9 Å². The third-order valence-corrected chi connectivity index (χ3v) is 2.70. The Labute approximate surface area is 114 Å². The zero-order chi connectivity index (χ0) is 14.7. The van der Waals surface area contributed by atoms with E-state index in [0.717, 1.165) is 6.07 Å². The summed E-state index contributed by atoms with van der Waals surface area (Å²) in [7, 11) is 1.41. The van der Waals surface area contributed by atoms with Crippen molar-refractivity contribution in [3.8, 4) is 11.5 Å². The first-order valence-electron chi connectivity index (χ1n) is 5.74. The molecule has 2 aromatic rings. The van der Waals surface area contributed by atoms with Gasteiger partial charge in [-0.05, 0) is 36.4 Å². The summed E-state index contributed by atoms with van der Waals surface area (Å²) in [6.07, 6.45) is 0. The molecular weight excluding hydrogens is 263 g/mol. The van der Waals surface area contributed by atoms with E-state index in [-0.39, 0.29) is 22.7 Å². The highest BCUT2D eigenvalue weighted by molar-refractivity contribution is 6.06. The zero-order valence-corrected chi connectivity index (χ0v) is 10.7. The SMILES string of the molecule is COc1ccc(C(=O)Nc2ccc(F)cc2N)cc1O. The van der Waals surface area contributed by atoms with E-state index < -0.39 is 11.7 Å². The Balaban J connectivity index is 2.21. The first kappa shape index (κ1) is 13.7. The van der Waals surface area contributed by atoms with Crippen LogP contribution >= 0.6 is 0 Å². The minimum atomic E-state index is -0.484. The second-order valence-corrected chi connectivity index (χ2v) is 4.07. The number of methoxy groups -OCH3 is 1. The van der Waals surface area contributed by atoms with Crippen LogP contribution in [-0.4, -0.2) is 18.1 Å². The van der Waals surface area contributed by atoms with Gasteiger partial charge in [0.05, 0.1) is 18.5 Å². The van der Waals surface area contributed by atoms with Crippen molar-refractivity contribution in [3.63, 3.8) is 0 Å². The topological polar surface area (TPSA) is 84.6 Å². The predicted octanol–water partition coefficient (Wildman–Crippen LogP) is 2.37. The van der Waals surface area contributed by atoms with Crippen molar-refractivity contribution in [2.45, 2.75) is 0 Å². The molecule has 6 heteroatoms. The van der Waals surface area contributed by atoms with E-state index in [1.54, 1.807) is 0 Å². The van der Waals surface area contributed by atoms with Crippen LogP contribution in [0.25, 0.3) is 0 Å². The molecular formula is C14H13FN2O3. The lowest BCUT2D eigenvalue weighted by atomic mass is 10.1. The van der Waals surface area contributed by atoms with E-state index in [1.165, 1.54) is 37.4 Å². The normalized spacial score (nSPS) is 10.1. The van der Waals surface area contributed by atoms with Crippen molar-refractivity contribution in [3.05, 3.63) is 47.8 Å². The summed E-state index contributed by atoms with van der Waals surface area (Å²) in [5.41, 5.74) is 6.25. The van der Waals surface area contributed by atoms with E-state index in [9.17, 15) is 14.3 Å². The van der Waals surface area contributed by atoms with E-state index >= 15 is 0 Å². The quantitative estimate of drug-likeness (QED) is 0.751. The molecule has 4 N–H and O–H groups in total. The molecule has 104 valence electrons. The van der Waals surface area contributed by atoms with Gasteiger partial charge in [-0.3, -0.25) is 4.79 Å². The van der Waals surface area contributed by atoms with Crippen LogP contribution in [-0.2, 0) is 0 Å². The highest BCUT2D eigenvalue weighted by atomic mass is 19.1. The van der Waals surface area contributed by atoms with Crippen LogP contribution in [0.1, 0.15) is 10.4 Å². The largest absolute Gasteiger partial charge is 0.504 e. The number of carbonyl (C=O) groups is 1. The second-order valence-electron chi connectivity index (χ2n) is 4.07. The minimum absolute atomic E-state index is 0.121. The van der Waals surface area contributed by atoms with Crippen LogP contribution in [0.15, 0.2) is 36.4 Å². The Kier molecular flexibility index (Phi) is 3.74. The van der Waals surface area contributed by atoms with Crippen molar-refractivity contribution in [1.82, 2.24) is 0 Å². The van der Waals surface area contributed by atoms with Crippen LogP contribution in [0.3, 0.4) is 0 Å². The summed E-state index contributed by atoms with van der Waals surface area (Å²) >= 11 is 0. The molecule has 0 unspecified atom stereocenters. The fraction of sp³-hybridized carbons (Fsp3) is 0.0714. The summed E-state index contributed by atoms with van der Waals surface area (Å²) in [6.45, 7) is 0. The maximum Gasteiger partial charge on any atom is 0.255 e. The Bertz CT molecular complexity index is 659. The number of aromatic hydroxyl groups is 1. The molecule has 0 heterocycles. The number of nitrogen functional groups attached to an aromatic ring is 1. The van der Waals surface area contributed by atoms with Crippen molar-refractivity contribution >= 4 is 17.3 Å². The smallest absolute Gasteiger partial charge is 0.255 e. The number of carbonyl (C=O) groups excluding carboxylic acids is 1. The average molecular weight is 276 g/mol. The summed E-state index contributed by atoms with van der Waals surface area (Å²) < 4.78 is 17.8. The van der Waals surface area contributed by atoms with Crippen LogP contribution < -0.4 is 15.8 Å². The van der Waals surface area contributed by atoms with Gasteiger partial charge >= 0.3 is 0 Å². The molecule has 0 fully saturated rings. The summed E-state index contributed by atoms with van der Waals surface area (Å²) in [5.74, 6) is -0.834. The predicted molar refractivity (Wildman–Crippen MR) is 73.4 cm³/mol.